The van der Waals surface area contributed by atoms with Crippen LogP contribution in [0.3, 0.4) is 0 Å². The van der Waals surface area contributed by atoms with Crippen LogP contribution < -0.4 is 5.73 Å². The number of aromatic hydroxyl groups is 1. The number of aromatic nitrogens is 1. The van der Waals surface area contributed by atoms with Crippen molar-refractivity contribution >= 4 is 28.4 Å². The number of benzene rings is 2. The Labute approximate surface area is 108 Å². The van der Waals surface area contributed by atoms with Crippen molar-refractivity contribution in [3.05, 3.63) is 41.4 Å². The predicted octanol–water partition coefficient (Wildman–Crippen LogP) is 3.44. The highest BCUT2D eigenvalue weighted by Crippen LogP contribution is 2.30. The highest BCUT2D eigenvalue weighted by molar-refractivity contribution is 6.31. The number of anilines is 1. The highest BCUT2D eigenvalue weighted by Gasteiger charge is 2.10. The Morgan fingerprint density at radius 3 is 2.78 bits per heavy atom. The lowest BCUT2D eigenvalue weighted by Gasteiger charge is -1.99. The third kappa shape index (κ3) is 1.76. The molecule has 3 aromatic rings. The number of halogens is 1. The van der Waals surface area contributed by atoms with Gasteiger partial charge in [-0.05, 0) is 30.3 Å². The average Bonchev–Trinajstić information content (AvgIpc) is 2.75. The number of hydrogen-bond donors (Lipinski definition) is 2. The lowest BCUT2D eigenvalue weighted by atomic mass is 10.2. The van der Waals surface area contributed by atoms with Crippen molar-refractivity contribution in [3.8, 4) is 17.2 Å². The number of phenolic OH excluding ortho intramolecular Hbond substituents is 1. The number of fused-ring (bicyclic) bond motifs is 1. The SMILES string of the molecule is Nc1ccc(-c2nc3ccc(Cl)cc3o2)cc1O. The molecule has 3 rings (SSSR count). The minimum Gasteiger partial charge on any atom is -0.506 e. The number of nitrogens with two attached hydrogens (primary N) is 1. The fraction of sp³-hybridized carbons (Fsp3) is 0. The van der Waals surface area contributed by atoms with Crippen LogP contribution in [-0.2, 0) is 0 Å². The first-order valence-corrected chi connectivity index (χ1v) is 5.66. The zero-order valence-corrected chi connectivity index (χ0v) is 9.98. The quantitative estimate of drug-likeness (QED) is 0.519. The number of hydrogen-bond acceptors (Lipinski definition) is 4. The molecule has 0 radical (unpaired) electrons. The first-order chi connectivity index (χ1) is 8.63. The first kappa shape index (κ1) is 10.9. The van der Waals surface area contributed by atoms with Gasteiger partial charge in [0, 0.05) is 16.7 Å². The molecule has 0 spiro atoms. The van der Waals surface area contributed by atoms with Crippen LogP contribution in [0, 0.1) is 0 Å². The molecule has 90 valence electrons. The Morgan fingerprint density at radius 1 is 1.17 bits per heavy atom. The van der Waals surface area contributed by atoms with Gasteiger partial charge in [-0.1, -0.05) is 11.6 Å². The van der Waals surface area contributed by atoms with E-state index in [1.54, 1.807) is 30.3 Å². The third-order valence-corrected chi connectivity index (χ3v) is 2.86. The first-order valence-electron chi connectivity index (χ1n) is 5.28. The van der Waals surface area contributed by atoms with E-state index in [1.165, 1.54) is 6.07 Å². The molecule has 0 bridgehead atoms. The summed E-state index contributed by atoms with van der Waals surface area (Å²) in [5.41, 5.74) is 7.84. The molecule has 0 saturated carbocycles. The smallest absolute Gasteiger partial charge is 0.227 e. The van der Waals surface area contributed by atoms with Gasteiger partial charge >= 0.3 is 0 Å². The monoisotopic (exact) mass is 260 g/mol. The maximum atomic E-state index is 9.56. The van der Waals surface area contributed by atoms with Gasteiger partial charge in [-0.2, -0.15) is 0 Å². The topological polar surface area (TPSA) is 72.3 Å². The molecule has 4 nitrogen and oxygen atoms in total. The predicted molar refractivity (Wildman–Crippen MR) is 70.5 cm³/mol. The molecule has 0 unspecified atom stereocenters. The van der Waals surface area contributed by atoms with Gasteiger partial charge in [-0.25, -0.2) is 4.98 Å². The minimum absolute atomic E-state index is 0.00721. The molecule has 0 fully saturated rings. The van der Waals surface area contributed by atoms with Gasteiger partial charge in [0.2, 0.25) is 5.89 Å². The summed E-state index contributed by atoms with van der Waals surface area (Å²) in [6, 6.07) is 10.1. The van der Waals surface area contributed by atoms with Crippen LogP contribution in [0.1, 0.15) is 0 Å². The third-order valence-electron chi connectivity index (χ3n) is 2.63. The van der Waals surface area contributed by atoms with E-state index in [-0.39, 0.29) is 5.75 Å². The number of rotatable bonds is 1. The summed E-state index contributed by atoms with van der Waals surface area (Å²) in [5, 5.41) is 10.2. The molecule has 18 heavy (non-hydrogen) atoms. The van der Waals surface area contributed by atoms with Crippen LogP contribution in [0.4, 0.5) is 5.69 Å². The molecule has 3 N–H and O–H groups in total. The standard InChI is InChI=1S/C13H9ClN2O2/c14-8-2-4-10-12(6-8)18-13(16-10)7-1-3-9(15)11(17)5-7/h1-6,17H,15H2. The molecule has 1 heterocycles. The van der Waals surface area contributed by atoms with E-state index in [2.05, 4.69) is 4.98 Å². The molecule has 0 aliphatic rings. The minimum atomic E-state index is 0.00721. The molecular formula is C13H9ClN2O2. The lowest BCUT2D eigenvalue weighted by Crippen LogP contribution is -1.85. The molecule has 0 atom stereocenters. The fourth-order valence-electron chi connectivity index (χ4n) is 1.70. The van der Waals surface area contributed by atoms with Crippen LogP contribution >= 0.6 is 11.6 Å². The maximum absolute atomic E-state index is 9.56. The zero-order valence-electron chi connectivity index (χ0n) is 9.22. The Morgan fingerprint density at radius 2 is 2.00 bits per heavy atom. The van der Waals surface area contributed by atoms with Crippen molar-refractivity contribution < 1.29 is 9.52 Å². The molecule has 0 aliphatic carbocycles. The van der Waals surface area contributed by atoms with Gasteiger partial charge in [0.25, 0.3) is 0 Å². The second-order valence-electron chi connectivity index (χ2n) is 3.90. The number of phenols is 1. The van der Waals surface area contributed by atoms with Crippen LogP contribution in [0.5, 0.6) is 5.75 Å². The number of nitrogens with zero attached hydrogens (tertiary/aromatic N) is 1. The Bertz CT molecular complexity index is 737. The summed E-state index contributed by atoms with van der Waals surface area (Å²) < 4.78 is 5.58. The van der Waals surface area contributed by atoms with E-state index in [9.17, 15) is 5.11 Å². The van der Waals surface area contributed by atoms with Crippen molar-refractivity contribution in [1.82, 2.24) is 4.98 Å². The van der Waals surface area contributed by atoms with Gasteiger partial charge in [0.05, 0.1) is 5.69 Å². The summed E-state index contributed by atoms with van der Waals surface area (Å²) >= 11 is 5.88. The highest BCUT2D eigenvalue weighted by atomic mass is 35.5. The molecule has 0 amide bonds. The van der Waals surface area contributed by atoms with E-state index in [0.717, 1.165) is 0 Å². The number of oxazole rings is 1. The summed E-state index contributed by atoms with van der Waals surface area (Å²) in [4.78, 5) is 4.32. The summed E-state index contributed by atoms with van der Waals surface area (Å²) in [5.74, 6) is 0.426. The number of nitrogen functional groups attached to an aromatic ring is 1. The van der Waals surface area contributed by atoms with Gasteiger partial charge < -0.3 is 15.3 Å². The maximum Gasteiger partial charge on any atom is 0.227 e. The average molecular weight is 261 g/mol. The van der Waals surface area contributed by atoms with Crippen LogP contribution in [0.25, 0.3) is 22.6 Å². The Kier molecular flexibility index (Phi) is 2.38. The van der Waals surface area contributed by atoms with Gasteiger partial charge in [0.1, 0.15) is 11.3 Å². The molecule has 1 aromatic heterocycles. The van der Waals surface area contributed by atoms with E-state index in [1.807, 2.05) is 0 Å². The lowest BCUT2D eigenvalue weighted by molar-refractivity contribution is 0.478. The normalized spacial score (nSPS) is 10.9. The molecule has 0 saturated heterocycles. The second-order valence-corrected chi connectivity index (χ2v) is 4.34. The van der Waals surface area contributed by atoms with Gasteiger partial charge in [0.15, 0.2) is 5.58 Å². The molecule has 5 heteroatoms. The summed E-state index contributed by atoms with van der Waals surface area (Å²) in [6.07, 6.45) is 0. The largest absolute Gasteiger partial charge is 0.506 e. The second kappa shape index (κ2) is 3.92. The van der Waals surface area contributed by atoms with Crippen molar-refractivity contribution in [2.75, 3.05) is 5.73 Å². The molecule has 2 aromatic carbocycles. The van der Waals surface area contributed by atoms with Crippen molar-refractivity contribution in [2.45, 2.75) is 0 Å². The van der Waals surface area contributed by atoms with Crippen LogP contribution in [-0.4, -0.2) is 10.1 Å². The molecular weight excluding hydrogens is 252 g/mol. The van der Waals surface area contributed by atoms with Crippen molar-refractivity contribution in [3.63, 3.8) is 0 Å². The van der Waals surface area contributed by atoms with Crippen molar-refractivity contribution in [2.24, 2.45) is 0 Å². The van der Waals surface area contributed by atoms with E-state index in [4.69, 9.17) is 21.8 Å². The summed E-state index contributed by atoms with van der Waals surface area (Å²) in [6.45, 7) is 0. The van der Waals surface area contributed by atoms with Crippen molar-refractivity contribution in [1.29, 1.82) is 0 Å². The summed E-state index contributed by atoms with van der Waals surface area (Å²) in [7, 11) is 0. The fourth-order valence-corrected chi connectivity index (χ4v) is 1.86. The van der Waals surface area contributed by atoms with Crippen LogP contribution in [0.15, 0.2) is 40.8 Å². The van der Waals surface area contributed by atoms with Crippen LogP contribution in [0.2, 0.25) is 5.02 Å². The zero-order chi connectivity index (χ0) is 12.7. The van der Waals surface area contributed by atoms with E-state index < -0.39 is 0 Å². The Balaban J connectivity index is 2.16. The molecule has 0 aliphatic heterocycles. The Hall–Kier alpha value is -2.20. The van der Waals surface area contributed by atoms with E-state index >= 15 is 0 Å². The van der Waals surface area contributed by atoms with Gasteiger partial charge in [-0.3, -0.25) is 0 Å². The van der Waals surface area contributed by atoms with Gasteiger partial charge in [-0.15, -0.1) is 0 Å². The van der Waals surface area contributed by atoms with E-state index in [0.29, 0.717) is 33.3 Å².